The van der Waals surface area contributed by atoms with E-state index in [4.69, 9.17) is 5.73 Å². The van der Waals surface area contributed by atoms with Crippen molar-refractivity contribution in [2.24, 2.45) is 11.1 Å². The summed E-state index contributed by atoms with van der Waals surface area (Å²) in [5.41, 5.74) is 6.75. The van der Waals surface area contributed by atoms with Gasteiger partial charge in [-0.3, -0.25) is 0 Å². The zero-order chi connectivity index (χ0) is 7.73. The van der Waals surface area contributed by atoms with Crippen LogP contribution in [-0.4, -0.2) is 6.04 Å². The summed E-state index contributed by atoms with van der Waals surface area (Å²) in [7, 11) is 0. The van der Waals surface area contributed by atoms with Crippen LogP contribution < -0.4 is 5.73 Å². The lowest BCUT2D eigenvalue weighted by atomic mass is 9.71. The van der Waals surface area contributed by atoms with E-state index < -0.39 is 0 Å². The minimum Gasteiger partial charge on any atom is -0.327 e. The number of hydrogen-bond acceptors (Lipinski definition) is 1. The van der Waals surface area contributed by atoms with Gasteiger partial charge in [0.25, 0.3) is 0 Å². The van der Waals surface area contributed by atoms with Gasteiger partial charge in [0.1, 0.15) is 0 Å². The third-order valence-corrected chi connectivity index (χ3v) is 3.83. The second-order valence-corrected chi connectivity index (χ2v) is 4.42. The summed E-state index contributed by atoms with van der Waals surface area (Å²) in [5.74, 6) is 0. The minimum absolute atomic E-state index is 0. The molecule has 0 aromatic heterocycles. The first kappa shape index (κ1) is 10.3. The van der Waals surface area contributed by atoms with Gasteiger partial charge in [-0.25, -0.2) is 0 Å². The molecule has 2 aliphatic rings. The van der Waals surface area contributed by atoms with E-state index in [0.717, 1.165) is 0 Å². The Morgan fingerprint density at radius 2 is 1.50 bits per heavy atom. The Balaban J connectivity index is 0.000000720. The van der Waals surface area contributed by atoms with E-state index in [-0.39, 0.29) is 12.4 Å². The van der Waals surface area contributed by atoms with Crippen molar-refractivity contribution in [2.45, 2.75) is 57.4 Å². The Morgan fingerprint density at radius 1 is 0.917 bits per heavy atom. The van der Waals surface area contributed by atoms with Gasteiger partial charge >= 0.3 is 0 Å². The second kappa shape index (κ2) is 3.97. The molecule has 2 N–H and O–H groups in total. The fourth-order valence-corrected chi connectivity index (χ4v) is 3.04. The molecule has 0 saturated heterocycles. The Labute approximate surface area is 81.5 Å². The largest absolute Gasteiger partial charge is 0.327 e. The zero-order valence-corrected chi connectivity index (χ0v) is 8.54. The van der Waals surface area contributed by atoms with Crippen molar-refractivity contribution in [3.8, 4) is 0 Å². The molecule has 2 rings (SSSR count). The normalized spacial score (nSPS) is 33.2. The lowest BCUT2D eigenvalue weighted by Gasteiger charge is -2.37. The van der Waals surface area contributed by atoms with E-state index in [1.807, 2.05) is 0 Å². The van der Waals surface area contributed by atoms with Crippen molar-refractivity contribution in [1.82, 2.24) is 0 Å². The van der Waals surface area contributed by atoms with Crippen LogP contribution in [-0.2, 0) is 0 Å². The highest BCUT2D eigenvalue weighted by Crippen LogP contribution is 2.47. The molecule has 2 saturated carbocycles. The zero-order valence-electron chi connectivity index (χ0n) is 7.72. The average Bonchev–Trinajstić information content (AvgIpc) is 2.36. The number of rotatable bonds is 0. The molecule has 72 valence electrons. The van der Waals surface area contributed by atoms with Crippen LogP contribution in [0.1, 0.15) is 51.4 Å². The molecule has 2 fully saturated rings. The maximum Gasteiger partial charge on any atom is 0.00955 e. The van der Waals surface area contributed by atoms with Gasteiger partial charge in [0.2, 0.25) is 0 Å². The highest BCUT2D eigenvalue weighted by molar-refractivity contribution is 5.85. The van der Waals surface area contributed by atoms with Gasteiger partial charge in [0.05, 0.1) is 0 Å². The highest BCUT2D eigenvalue weighted by Gasteiger charge is 2.40. The fraction of sp³-hybridized carbons (Fsp3) is 1.00. The fourth-order valence-electron chi connectivity index (χ4n) is 3.04. The topological polar surface area (TPSA) is 26.0 Å². The van der Waals surface area contributed by atoms with E-state index in [9.17, 15) is 0 Å². The minimum atomic E-state index is 0. The van der Waals surface area contributed by atoms with Gasteiger partial charge in [0.15, 0.2) is 0 Å². The third kappa shape index (κ3) is 1.62. The van der Waals surface area contributed by atoms with Crippen LogP contribution in [0.2, 0.25) is 0 Å². The molecule has 0 heterocycles. The summed E-state index contributed by atoms with van der Waals surface area (Å²) in [6.07, 6.45) is 11.3. The van der Waals surface area contributed by atoms with E-state index in [0.29, 0.717) is 11.5 Å². The van der Waals surface area contributed by atoms with Crippen LogP contribution >= 0.6 is 12.4 Å². The van der Waals surface area contributed by atoms with Crippen LogP contribution in [0.3, 0.4) is 0 Å². The summed E-state index contributed by atoms with van der Waals surface area (Å²) in [6.45, 7) is 0. The lowest BCUT2D eigenvalue weighted by molar-refractivity contribution is 0.172. The van der Waals surface area contributed by atoms with Crippen LogP contribution in [0.25, 0.3) is 0 Å². The summed E-state index contributed by atoms with van der Waals surface area (Å²) in [4.78, 5) is 0. The Kier molecular flexibility index (Phi) is 3.42. The van der Waals surface area contributed by atoms with Gasteiger partial charge < -0.3 is 5.73 Å². The molecule has 0 radical (unpaired) electrons. The van der Waals surface area contributed by atoms with Crippen molar-refractivity contribution < 1.29 is 0 Å². The van der Waals surface area contributed by atoms with Gasteiger partial charge in [-0.15, -0.1) is 12.4 Å². The summed E-state index contributed by atoms with van der Waals surface area (Å²) in [6, 6.07) is 0.544. The highest BCUT2D eigenvalue weighted by atomic mass is 35.5. The summed E-state index contributed by atoms with van der Waals surface area (Å²) in [5, 5.41) is 0. The first-order valence-electron chi connectivity index (χ1n) is 5.09. The molecule has 0 aromatic carbocycles. The molecular formula is C10H20ClN. The van der Waals surface area contributed by atoms with Crippen molar-refractivity contribution in [1.29, 1.82) is 0 Å². The smallest absolute Gasteiger partial charge is 0.00955 e. The van der Waals surface area contributed by atoms with Gasteiger partial charge in [-0.2, -0.15) is 0 Å². The van der Waals surface area contributed by atoms with E-state index in [1.54, 1.807) is 0 Å². The van der Waals surface area contributed by atoms with Crippen LogP contribution in [0.4, 0.5) is 0 Å². The van der Waals surface area contributed by atoms with Gasteiger partial charge in [0, 0.05) is 6.04 Å². The molecule has 1 unspecified atom stereocenters. The summed E-state index contributed by atoms with van der Waals surface area (Å²) >= 11 is 0. The van der Waals surface area contributed by atoms with Crippen LogP contribution in [0.5, 0.6) is 0 Å². The Morgan fingerprint density at radius 3 is 2.00 bits per heavy atom. The Bertz CT molecular complexity index is 141. The predicted octanol–water partition coefficient (Wildman–Crippen LogP) is 2.87. The molecule has 1 nitrogen and oxygen atoms in total. The van der Waals surface area contributed by atoms with E-state index in [2.05, 4.69) is 0 Å². The first-order chi connectivity index (χ1) is 5.33. The van der Waals surface area contributed by atoms with E-state index >= 15 is 0 Å². The average molecular weight is 190 g/mol. The van der Waals surface area contributed by atoms with Crippen molar-refractivity contribution in [3.63, 3.8) is 0 Å². The molecule has 0 bridgehead atoms. The van der Waals surface area contributed by atoms with Crippen molar-refractivity contribution in [3.05, 3.63) is 0 Å². The number of halogens is 1. The first-order valence-corrected chi connectivity index (χ1v) is 5.09. The third-order valence-electron chi connectivity index (χ3n) is 3.83. The molecule has 2 aliphatic carbocycles. The Hall–Kier alpha value is 0.250. The molecule has 0 aliphatic heterocycles. The number of nitrogens with two attached hydrogens (primary N) is 1. The lowest BCUT2D eigenvalue weighted by Crippen LogP contribution is -2.38. The molecule has 0 amide bonds. The SMILES string of the molecule is Cl.NC1CCCC12CCCCC2. The summed E-state index contributed by atoms with van der Waals surface area (Å²) < 4.78 is 0. The second-order valence-electron chi connectivity index (χ2n) is 4.42. The van der Waals surface area contributed by atoms with Crippen LogP contribution in [0, 0.1) is 5.41 Å². The standard InChI is InChI=1S/C10H19N.ClH/c11-9-5-4-8-10(9)6-2-1-3-7-10;/h9H,1-8,11H2;1H. The molecular weight excluding hydrogens is 170 g/mol. The van der Waals surface area contributed by atoms with Gasteiger partial charge in [-0.05, 0) is 31.1 Å². The predicted molar refractivity (Wildman–Crippen MR) is 54.6 cm³/mol. The molecule has 1 spiro atoms. The molecule has 12 heavy (non-hydrogen) atoms. The maximum atomic E-state index is 6.14. The quantitative estimate of drug-likeness (QED) is 0.623. The van der Waals surface area contributed by atoms with Crippen molar-refractivity contribution >= 4 is 12.4 Å². The number of hydrogen-bond donors (Lipinski definition) is 1. The van der Waals surface area contributed by atoms with Gasteiger partial charge in [-0.1, -0.05) is 25.7 Å². The molecule has 0 aromatic rings. The molecule has 1 atom stereocenters. The maximum absolute atomic E-state index is 6.14. The van der Waals surface area contributed by atoms with E-state index in [1.165, 1.54) is 51.4 Å². The van der Waals surface area contributed by atoms with Crippen molar-refractivity contribution in [2.75, 3.05) is 0 Å². The molecule has 2 heteroatoms. The van der Waals surface area contributed by atoms with Crippen LogP contribution in [0.15, 0.2) is 0 Å². The monoisotopic (exact) mass is 189 g/mol.